The second-order valence-electron chi connectivity index (χ2n) is 9.02. The first-order chi connectivity index (χ1) is 15.3. The molecule has 0 aliphatic carbocycles. The summed E-state index contributed by atoms with van der Waals surface area (Å²) in [5.41, 5.74) is 11.5. The van der Waals surface area contributed by atoms with Crippen molar-refractivity contribution in [2.75, 3.05) is 6.54 Å². The molecule has 33 heavy (non-hydrogen) atoms. The fourth-order valence-electron chi connectivity index (χ4n) is 3.24. The van der Waals surface area contributed by atoms with E-state index in [-0.39, 0.29) is 11.8 Å². The number of carboxylic acids is 1. The second-order valence-corrected chi connectivity index (χ2v) is 9.02. The number of aliphatic carboxylic acids is 1. The highest BCUT2D eigenvalue weighted by Crippen LogP contribution is 2.11. The molecule has 11 heteroatoms. The van der Waals surface area contributed by atoms with Gasteiger partial charge in [0.25, 0.3) is 0 Å². The predicted octanol–water partition coefficient (Wildman–Crippen LogP) is -0.545. The van der Waals surface area contributed by atoms with Gasteiger partial charge in [0.05, 0.1) is 12.1 Å². The largest absolute Gasteiger partial charge is 0.480 e. The Labute approximate surface area is 196 Å². The van der Waals surface area contributed by atoms with E-state index in [1.807, 2.05) is 20.8 Å². The minimum atomic E-state index is -1.52. The van der Waals surface area contributed by atoms with Gasteiger partial charge < -0.3 is 37.6 Å². The minimum Gasteiger partial charge on any atom is -0.480 e. The summed E-state index contributed by atoms with van der Waals surface area (Å²) >= 11 is 0. The Kier molecular flexibility index (Phi) is 14.5. The number of carbonyl (C=O) groups excluding carboxylic acids is 3. The normalized spacial score (nSPS) is 16.8. The maximum absolute atomic E-state index is 13.1. The number of nitrogens with one attached hydrogen (secondary N) is 3. The van der Waals surface area contributed by atoms with E-state index in [1.54, 1.807) is 6.92 Å². The van der Waals surface area contributed by atoms with Crippen LogP contribution >= 0.6 is 0 Å². The fourth-order valence-corrected chi connectivity index (χ4v) is 3.24. The van der Waals surface area contributed by atoms with E-state index in [2.05, 4.69) is 16.0 Å². The maximum Gasteiger partial charge on any atom is 0.328 e. The van der Waals surface area contributed by atoms with E-state index < -0.39 is 54.0 Å². The van der Waals surface area contributed by atoms with Crippen LogP contribution in [0.15, 0.2) is 0 Å². The highest BCUT2D eigenvalue weighted by atomic mass is 16.4. The number of hydrogen-bond acceptors (Lipinski definition) is 7. The number of rotatable bonds is 16. The van der Waals surface area contributed by atoms with Crippen LogP contribution in [0.5, 0.6) is 0 Å². The Hall–Kier alpha value is -2.24. The standard InChI is InChI=1S/C22H43N5O6/c1-6-13(4)17(21(31)27-18(14(5)28)22(32)33)26-20(30)16(9-7-8-10-23)25-19(29)15(24)11-12(2)3/h12-18,28H,6-11,23-24H2,1-5H3,(H,25,29)(H,26,30)(H,27,31)(H,32,33). The van der Waals surface area contributed by atoms with E-state index >= 15 is 0 Å². The van der Waals surface area contributed by atoms with Gasteiger partial charge in [-0.2, -0.15) is 0 Å². The molecule has 0 aromatic heterocycles. The molecule has 0 aliphatic rings. The average molecular weight is 474 g/mol. The van der Waals surface area contributed by atoms with Crippen LogP contribution in [0.2, 0.25) is 0 Å². The van der Waals surface area contributed by atoms with Gasteiger partial charge in [-0.25, -0.2) is 4.79 Å². The molecule has 3 amide bonds. The Balaban J connectivity index is 5.54. The molecule has 11 nitrogen and oxygen atoms in total. The number of aliphatic hydroxyl groups excluding tert-OH is 1. The number of nitrogens with two attached hydrogens (primary N) is 2. The van der Waals surface area contributed by atoms with Crippen molar-refractivity contribution in [3.8, 4) is 0 Å². The lowest BCUT2D eigenvalue weighted by Gasteiger charge is -2.28. The van der Waals surface area contributed by atoms with Crippen molar-refractivity contribution in [3.63, 3.8) is 0 Å². The summed E-state index contributed by atoms with van der Waals surface area (Å²) in [6.45, 7) is 9.12. The van der Waals surface area contributed by atoms with E-state index in [4.69, 9.17) is 11.5 Å². The molecule has 0 aromatic carbocycles. The SMILES string of the molecule is CCC(C)C(NC(=O)C(CCCCN)NC(=O)C(N)CC(C)C)C(=O)NC(C(=O)O)C(C)O. The van der Waals surface area contributed by atoms with Crippen LogP contribution in [0.4, 0.5) is 0 Å². The Bertz CT molecular complexity index is 643. The summed E-state index contributed by atoms with van der Waals surface area (Å²) in [7, 11) is 0. The lowest BCUT2D eigenvalue weighted by atomic mass is 9.96. The van der Waals surface area contributed by atoms with Crippen molar-refractivity contribution in [1.29, 1.82) is 0 Å². The maximum atomic E-state index is 13.1. The van der Waals surface area contributed by atoms with Gasteiger partial charge in [-0.3, -0.25) is 14.4 Å². The number of carbonyl (C=O) groups is 4. The molecule has 0 spiro atoms. The first-order valence-electron chi connectivity index (χ1n) is 11.6. The molecular formula is C22H43N5O6. The second kappa shape index (κ2) is 15.6. The van der Waals surface area contributed by atoms with Gasteiger partial charge in [0.2, 0.25) is 17.7 Å². The topological polar surface area (TPSA) is 197 Å². The zero-order valence-corrected chi connectivity index (χ0v) is 20.5. The summed E-state index contributed by atoms with van der Waals surface area (Å²) in [5, 5.41) is 26.5. The Morgan fingerprint density at radius 1 is 0.879 bits per heavy atom. The van der Waals surface area contributed by atoms with Crippen LogP contribution in [0.25, 0.3) is 0 Å². The highest BCUT2D eigenvalue weighted by molar-refractivity contribution is 5.94. The molecule has 9 N–H and O–H groups in total. The Morgan fingerprint density at radius 3 is 1.91 bits per heavy atom. The molecule has 0 rings (SSSR count). The molecular weight excluding hydrogens is 430 g/mol. The third-order valence-corrected chi connectivity index (χ3v) is 5.48. The summed E-state index contributed by atoms with van der Waals surface area (Å²) in [6.07, 6.45) is 1.19. The molecule has 0 aromatic rings. The van der Waals surface area contributed by atoms with E-state index in [0.29, 0.717) is 38.6 Å². The van der Waals surface area contributed by atoms with Gasteiger partial charge in [0.15, 0.2) is 6.04 Å². The zero-order valence-electron chi connectivity index (χ0n) is 20.5. The van der Waals surface area contributed by atoms with Gasteiger partial charge in [-0.05, 0) is 51.0 Å². The smallest absolute Gasteiger partial charge is 0.328 e. The summed E-state index contributed by atoms with van der Waals surface area (Å²) in [5.74, 6) is -3.28. The van der Waals surface area contributed by atoms with Crippen LogP contribution in [-0.2, 0) is 19.2 Å². The number of unbranched alkanes of at least 4 members (excludes halogenated alkanes) is 1. The van der Waals surface area contributed by atoms with Crippen molar-refractivity contribution >= 4 is 23.7 Å². The Morgan fingerprint density at radius 2 is 1.45 bits per heavy atom. The van der Waals surface area contributed by atoms with E-state index in [9.17, 15) is 29.4 Å². The molecule has 0 heterocycles. The van der Waals surface area contributed by atoms with Gasteiger partial charge in [0.1, 0.15) is 12.1 Å². The number of aliphatic hydroxyl groups is 1. The van der Waals surface area contributed by atoms with Gasteiger partial charge in [-0.1, -0.05) is 34.1 Å². The molecule has 192 valence electrons. The lowest BCUT2D eigenvalue weighted by Crippen LogP contribution is -2.59. The van der Waals surface area contributed by atoms with Crippen LogP contribution < -0.4 is 27.4 Å². The molecule has 0 fully saturated rings. The molecule has 6 atom stereocenters. The lowest BCUT2D eigenvalue weighted by molar-refractivity contribution is -0.145. The molecule has 0 saturated carbocycles. The van der Waals surface area contributed by atoms with Crippen LogP contribution in [0, 0.1) is 11.8 Å². The van der Waals surface area contributed by atoms with Crippen molar-refractivity contribution in [3.05, 3.63) is 0 Å². The zero-order chi connectivity index (χ0) is 25.7. The van der Waals surface area contributed by atoms with Crippen LogP contribution in [-0.4, -0.2) is 70.7 Å². The molecule has 0 saturated heterocycles. The number of amides is 3. The van der Waals surface area contributed by atoms with Gasteiger partial charge >= 0.3 is 5.97 Å². The van der Waals surface area contributed by atoms with Gasteiger partial charge in [0, 0.05) is 0 Å². The summed E-state index contributed by atoms with van der Waals surface area (Å²) in [6, 6.07) is -4.27. The first kappa shape index (κ1) is 30.8. The third kappa shape index (κ3) is 11.4. The van der Waals surface area contributed by atoms with E-state index in [1.165, 1.54) is 6.92 Å². The predicted molar refractivity (Wildman–Crippen MR) is 125 cm³/mol. The average Bonchev–Trinajstić information content (AvgIpc) is 2.73. The number of hydrogen-bond donors (Lipinski definition) is 7. The quantitative estimate of drug-likeness (QED) is 0.145. The third-order valence-electron chi connectivity index (χ3n) is 5.48. The van der Waals surface area contributed by atoms with Crippen molar-refractivity contribution < 1.29 is 29.4 Å². The molecule has 6 unspecified atom stereocenters. The number of carboxylic acid groups (broad SMARTS) is 1. The van der Waals surface area contributed by atoms with Crippen molar-refractivity contribution in [2.45, 2.75) is 97.0 Å². The summed E-state index contributed by atoms with van der Waals surface area (Å²) in [4.78, 5) is 49.7. The monoisotopic (exact) mass is 473 g/mol. The van der Waals surface area contributed by atoms with Crippen molar-refractivity contribution in [2.24, 2.45) is 23.3 Å². The van der Waals surface area contributed by atoms with Crippen molar-refractivity contribution in [1.82, 2.24) is 16.0 Å². The fraction of sp³-hybridized carbons (Fsp3) is 0.818. The summed E-state index contributed by atoms with van der Waals surface area (Å²) < 4.78 is 0. The minimum absolute atomic E-state index is 0.199. The van der Waals surface area contributed by atoms with Crippen LogP contribution in [0.3, 0.4) is 0 Å². The van der Waals surface area contributed by atoms with Gasteiger partial charge in [-0.15, -0.1) is 0 Å². The van der Waals surface area contributed by atoms with E-state index in [0.717, 1.165) is 0 Å². The molecule has 0 radical (unpaired) electrons. The first-order valence-corrected chi connectivity index (χ1v) is 11.6. The molecule has 0 bridgehead atoms. The molecule has 0 aliphatic heterocycles. The van der Waals surface area contributed by atoms with Crippen LogP contribution in [0.1, 0.15) is 66.7 Å². The highest BCUT2D eigenvalue weighted by Gasteiger charge is 2.33.